The minimum Gasteiger partial charge on any atom is -0.393 e. The average molecular weight is 224 g/mol. The number of aliphatic hydroxyl groups excluding tert-OH is 1. The van der Waals surface area contributed by atoms with Crippen LogP contribution < -0.4 is 0 Å². The van der Waals surface area contributed by atoms with Gasteiger partial charge in [0, 0.05) is 24.1 Å². The molecule has 15 heavy (non-hydrogen) atoms. The molecule has 1 heterocycles. The topological polar surface area (TPSA) is 25.2 Å². The normalized spacial score (nSPS) is 13.3. The lowest BCUT2D eigenvalue weighted by molar-refractivity contribution is 0.195. The monoisotopic (exact) mass is 223 g/mol. The molecule has 0 radical (unpaired) electrons. The van der Waals surface area contributed by atoms with Gasteiger partial charge in [-0.3, -0.25) is 0 Å². The molecule has 3 heteroatoms. The number of halogens is 1. The molecule has 0 saturated carbocycles. The van der Waals surface area contributed by atoms with Crippen LogP contribution in [0.1, 0.15) is 12.5 Å². The lowest BCUT2D eigenvalue weighted by atomic mass is 10.1. The summed E-state index contributed by atoms with van der Waals surface area (Å²) in [5.41, 5.74) is 2.24. The van der Waals surface area contributed by atoms with Gasteiger partial charge in [-0.2, -0.15) is 0 Å². The van der Waals surface area contributed by atoms with Crippen LogP contribution in [0, 0.1) is 0 Å². The Kier molecular flexibility index (Phi) is 2.72. The Hall–Kier alpha value is -0.990. The lowest BCUT2D eigenvalue weighted by Gasteiger charge is -2.04. The van der Waals surface area contributed by atoms with E-state index in [0.29, 0.717) is 6.42 Å². The smallest absolute Gasteiger partial charge is 0.0661 e. The number of aromatic nitrogens is 1. The summed E-state index contributed by atoms with van der Waals surface area (Å²) in [6.45, 7) is 1.79. The molecule has 1 aromatic heterocycles. The highest BCUT2D eigenvalue weighted by atomic mass is 35.5. The first-order valence-electron chi connectivity index (χ1n) is 4.99. The molecule has 0 fully saturated rings. The Morgan fingerprint density at radius 3 is 2.87 bits per heavy atom. The van der Waals surface area contributed by atoms with Crippen LogP contribution >= 0.6 is 11.6 Å². The minimum atomic E-state index is -0.315. The number of hydrogen-bond donors (Lipinski definition) is 1. The van der Waals surface area contributed by atoms with Crippen molar-refractivity contribution in [2.45, 2.75) is 19.4 Å². The predicted molar refractivity (Wildman–Crippen MR) is 63.3 cm³/mol. The van der Waals surface area contributed by atoms with Gasteiger partial charge in [-0.05, 0) is 31.0 Å². The molecule has 1 atom stereocenters. The van der Waals surface area contributed by atoms with Crippen molar-refractivity contribution in [1.29, 1.82) is 0 Å². The van der Waals surface area contributed by atoms with Crippen molar-refractivity contribution in [3.05, 3.63) is 35.0 Å². The molecule has 2 aromatic rings. The summed E-state index contributed by atoms with van der Waals surface area (Å²) >= 11 is 6.10. The fourth-order valence-electron chi connectivity index (χ4n) is 1.86. The van der Waals surface area contributed by atoms with E-state index in [-0.39, 0.29) is 6.10 Å². The van der Waals surface area contributed by atoms with Crippen LogP contribution in [0.4, 0.5) is 0 Å². The maximum Gasteiger partial charge on any atom is 0.0661 e. The van der Waals surface area contributed by atoms with Crippen molar-refractivity contribution in [2.24, 2.45) is 7.05 Å². The number of benzene rings is 1. The van der Waals surface area contributed by atoms with Crippen LogP contribution in [0.5, 0.6) is 0 Å². The zero-order valence-electron chi connectivity index (χ0n) is 8.87. The van der Waals surface area contributed by atoms with Gasteiger partial charge in [0.2, 0.25) is 0 Å². The summed E-state index contributed by atoms with van der Waals surface area (Å²) in [4.78, 5) is 0. The van der Waals surface area contributed by atoms with E-state index in [1.165, 1.54) is 0 Å². The van der Waals surface area contributed by atoms with Gasteiger partial charge in [-0.15, -0.1) is 0 Å². The summed E-state index contributed by atoms with van der Waals surface area (Å²) in [5, 5.41) is 11.1. The second-order valence-electron chi connectivity index (χ2n) is 3.99. The van der Waals surface area contributed by atoms with Crippen LogP contribution in [0.25, 0.3) is 10.9 Å². The van der Waals surface area contributed by atoms with Crippen molar-refractivity contribution in [3.63, 3.8) is 0 Å². The highest BCUT2D eigenvalue weighted by Gasteiger charge is 2.06. The fourth-order valence-corrected chi connectivity index (χ4v) is 2.16. The first-order valence-corrected chi connectivity index (χ1v) is 5.37. The second kappa shape index (κ2) is 3.87. The molecule has 2 rings (SSSR count). The predicted octanol–water partition coefficient (Wildman–Crippen LogP) is 2.76. The third-order valence-corrected chi connectivity index (χ3v) is 2.84. The van der Waals surface area contributed by atoms with Gasteiger partial charge in [0.05, 0.1) is 11.1 Å². The van der Waals surface area contributed by atoms with Crippen LogP contribution in [0.15, 0.2) is 24.4 Å². The largest absolute Gasteiger partial charge is 0.393 e. The summed E-state index contributed by atoms with van der Waals surface area (Å²) in [5.74, 6) is 0. The molecule has 0 spiro atoms. The Balaban J connectivity index is 2.50. The molecular formula is C12H14ClNO. The van der Waals surface area contributed by atoms with E-state index in [0.717, 1.165) is 21.5 Å². The zero-order chi connectivity index (χ0) is 11.0. The van der Waals surface area contributed by atoms with E-state index in [4.69, 9.17) is 11.6 Å². The molecule has 80 valence electrons. The van der Waals surface area contributed by atoms with E-state index in [1.807, 2.05) is 36.0 Å². The number of aryl methyl sites for hydroxylation is 1. The molecule has 0 amide bonds. The summed E-state index contributed by atoms with van der Waals surface area (Å²) in [7, 11) is 1.97. The Morgan fingerprint density at radius 2 is 2.20 bits per heavy atom. The van der Waals surface area contributed by atoms with Crippen molar-refractivity contribution in [2.75, 3.05) is 0 Å². The van der Waals surface area contributed by atoms with E-state index in [2.05, 4.69) is 0 Å². The number of nitrogens with zero attached hydrogens (tertiary/aromatic N) is 1. The quantitative estimate of drug-likeness (QED) is 0.832. The SMILES string of the molecule is CC(O)Cc1ccc2c(c1)c(Cl)cn2C. The molecule has 0 aliphatic carbocycles. The Labute approximate surface area is 94.1 Å². The van der Waals surface area contributed by atoms with Crippen molar-refractivity contribution in [1.82, 2.24) is 4.57 Å². The van der Waals surface area contributed by atoms with Gasteiger partial charge in [0.25, 0.3) is 0 Å². The molecular weight excluding hydrogens is 210 g/mol. The standard InChI is InChI=1S/C12H14ClNO/c1-8(15)5-9-3-4-12-10(6-9)11(13)7-14(12)2/h3-4,6-8,15H,5H2,1-2H3. The Bertz CT molecular complexity index is 488. The molecule has 0 aliphatic heterocycles. The first kappa shape index (κ1) is 10.5. The second-order valence-corrected chi connectivity index (χ2v) is 4.40. The van der Waals surface area contributed by atoms with Crippen LogP contribution in [0.3, 0.4) is 0 Å². The van der Waals surface area contributed by atoms with Crippen LogP contribution in [-0.4, -0.2) is 15.8 Å². The van der Waals surface area contributed by atoms with Crippen LogP contribution in [0.2, 0.25) is 5.02 Å². The maximum absolute atomic E-state index is 9.31. The number of hydrogen-bond acceptors (Lipinski definition) is 1. The Morgan fingerprint density at radius 1 is 1.47 bits per heavy atom. The summed E-state index contributed by atoms with van der Waals surface area (Å²) in [6, 6.07) is 6.12. The van der Waals surface area contributed by atoms with E-state index < -0.39 is 0 Å². The van der Waals surface area contributed by atoms with Gasteiger partial charge in [0.15, 0.2) is 0 Å². The highest BCUT2D eigenvalue weighted by molar-refractivity contribution is 6.35. The van der Waals surface area contributed by atoms with Crippen LogP contribution in [-0.2, 0) is 13.5 Å². The summed E-state index contributed by atoms with van der Waals surface area (Å²) in [6.07, 6.45) is 2.25. The molecule has 2 nitrogen and oxygen atoms in total. The third-order valence-electron chi connectivity index (χ3n) is 2.54. The van der Waals surface area contributed by atoms with Gasteiger partial charge in [0.1, 0.15) is 0 Å². The van der Waals surface area contributed by atoms with Crippen molar-refractivity contribution < 1.29 is 5.11 Å². The minimum absolute atomic E-state index is 0.315. The first-order chi connectivity index (χ1) is 7.08. The number of fused-ring (bicyclic) bond motifs is 1. The molecule has 0 bridgehead atoms. The van der Waals surface area contributed by atoms with Gasteiger partial charge in [-0.1, -0.05) is 17.7 Å². The molecule has 1 N–H and O–H groups in total. The van der Waals surface area contributed by atoms with E-state index in [1.54, 1.807) is 6.92 Å². The molecule has 1 unspecified atom stereocenters. The molecule has 1 aromatic carbocycles. The van der Waals surface area contributed by atoms with E-state index in [9.17, 15) is 5.11 Å². The van der Waals surface area contributed by atoms with E-state index >= 15 is 0 Å². The van der Waals surface area contributed by atoms with Gasteiger partial charge < -0.3 is 9.67 Å². The molecule has 0 aliphatic rings. The van der Waals surface area contributed by atoms with Gasteiger partial charge in [-0.25, -0.2) is 0 Å². The number of rotatable bonds is 2. The third kappa shape index (κ3) is 2.01. The van der Waals surface area contributed by atoms with Gasteiger partial charge >= 0.3 is 0 Å². The molecule has 0 saturated heterocycles. The maximum atomic E-state index is 9.31. The zero-order valence-corrected chi connectivity index (χ0v) is 9.62. The van der Waals surface area contributed by atoms with Crippen molar-refractivity contribution >= 4 is 22.5 Å². The summed E-state index contributed by atoms with van der Waals surface area (Å²) < 4.78 is 2.00. The average Bonchev–Trinajstić information content (AvgIpc) is 2.41. The number of aliphatic hydroxyl groups is 1. The lowest BCUT2D eigenvalue weighted by Crippen LogP contribution is -2.03. The van der Waals surface area contributed by atoms with Crippen molar-refractivity contribution in [3.8, 4) is 0 Å². The highest BCUT2D eigenvalue weighted by Crippen LogP contribution is 2.26. The fraction of sp³-hybridized carbons (Fsp3) is 0.333.